The summed E-state index contributed by atoms with van der Waals surface area (Å²) in [7, 11) is 0. The molecule has 0 aromatic carbocycles. The zero-order chi connectivity index (χ0) is 11.8. The van der Waals surface area contributed by atoms with Gasteiger partial charge in [0.05, 0.1) is 6.04 Å². The molecule has 0 unspecified atom stereocenters. The predicted octanol–water partition coefficient (Wildman–Crippen LogP) is 2.22. The third kappa shape index (κ3) is 2.89. The fourth-order valence-electron chi connectivity index (χ4n) is 2.45. The molecule has 2 aliphatic rings. The molecule has 0 bridgehead atoms. The van der Waals surface area contributed by atoms with Gasteiger partial charge in [0, 0.05) is 13.1 Å². The molecule has 0 radical (unpaired) electrons. The second-order valence-corrected chi connectivity index (χ2v) is 6.35. The Morgan fingerprint density at radius 1 is 1.12 bits per heavy atom. The SMILES string of the molecule is CC(C)(C)C1CCN(C(N)=NC2CC2)CC1. The summed E-state index contributed by atoms with van der Waals surface area (Å²) >= 11 is 0. The van der Waals surface area contributed by atoms with Gasteiger partial charge in [-0.2, -0.15) is 0 Å². The van der Waals surface area contributed by atoms with Crippen LogP contribution in [-0.4, -0.2) is 30.0 Å². The Kier molecular flexibility index (Phi) is 3.13. The molecule has 1 aliphatic heterocycles. The van der Waals surface area contributed by atoms with Gasteiger partial charge in [0.25, 0.3) is 0 Å². The number of rotatable bonds is 1. The summed E-state index contributed by atoms with van der Waals surface area (Å²) in [5.74, 6) is 1.62. The molecule has 0 aromatic heterocycles. The van der Waals surface area contributed by atoms with E-state index in [0.717, 1.165) is 25.0 Å². The van der Waals surface area contributed by atoms with Crippen LogP contribution in [0.3, 0.4) is 0 Å². The van der Waals surface area contributed by atoms with E-state index >= 15 is 0 Å². The van der Waals surface area contributed by atoms with Crippen molar-refractivity contribution in [3.8, 4) is 0 Å². The Labute approximate surface area is 99.1 Å². The normalized spacial score (nSPS) is 24.9. The Hall–Kier alpha value is -0.730. The Morgan fingerprint density at radius 2 is 1.69 bits per heavy atom. The summed E-state index contributed by atoms with van der Waals surface area (Å²) in [5.41, 5.74) is 6.46. The zero-order valence-electron chi connectivity index (χ0n) is 10.9. The van der Waals surface area contributed by atoms with Gasteiger partial charge in [0.2, 0.25) is 0 Å². The van der Waals surface area contributed by atoms with E-state index in [1.807, 2.05) is 0 Å². The summed E-state index contributed by atoms with van der Waals surface area (Å²) < 4.78 is 0. The quantitative estimate of drug-likeness (QED) is 0.547. The molecule has 1 aliphatic carbocycles. The minimum atomic E-state index is 0.439. The lowest BCUT2D eigenvalue weighted by atomic mass is 9.75. The summed E-state index contributed by atoms with van der Waals surface area (Å²) in [6.07, 6.45) is 4.98. The van der Waals surface area contributed by atoms with E-state index in [-0.39, 0.29) is 0 Å². The number of hydrogen-bond donors (Lipinski definition) is 1. The number of nitrogens with zero attached hydrogens (tertiary/aromatic N) is 2. The van der Waals surface area contributed by atoms with Gasteiger partial charge in [0.1, 0.15) is 0 Å². The molecule has 0 spiro atoms. The van der Waals surface area contributed by atoms with Crippen LogP contribution in [-0.2, 0) is 0 Å². The van der Waals surface area contributed by atoms with Crippen LogP contribution in [0, 0.1) is 11.3 Å². The third-order valence-corrected chi connectivity index (χ3v) is 3.91. The van der Waals surface area contributed by atoms with Gasteiger partial charge >= 0.3 is 0 Å². The van der Waals surface area contributed by atoms with E-state index in [1.165, 1.54) is 25.7 Å². The molecule has 92 valence electrons. The van der Waals surface area contributed by atoms with E-state index in [4.69, 9.17) is 5.73 Å². The fourth-order valence-corrected chi connectivity index (χ4v) is 2.45. The number of likely N-dealkylation sites (tertiary alicyclic amines) is 1. The number of hydrogen-bond acceptors (Lipinski definition) is 1. The third-order valence-electron chi connectivity index (χ3n) is 3.91. The number of aliphatic imine (C=N–C) groups is 1. The van der Waals surface area contributed by atoms with Gasteiger partial charge in [-0.3, -0.25) is 0 Å². The van der Waals surface area contributed by atoms with E-state index in [9.17, 15) is 0 Å². The van der Waals surface area contributed by atoms with Crippen LogP contribution in [0.4, 0.5) is 0 Å². The molecule has 0 atom stereocenters. The van der Waals surface area contributed by atoms with Crippen molar-refractivity contribution in [2.45, 2.75) is 52.5 Å². The summed E-state index contributed by atoms with van der Waals surface area (Å²) in [6.45, 7) is 9.20. The highest BCUT2D eigenvalue weighted by Crippen LogP contribution is 2.34. The van der Waals surface area contributed by atoms with Crippen LogP contribution in [0.25, 0.3) is 0 Å². The molecule has 3 nitrogen and oxygen atoms in total. The first-order valence-electron chi connectivity index (χ1n) is 6.55. The van der Waals surface area contributed by atoms with Crippen LogP contribution < -0.4 is 5.73 Å². The highest BCUT2D eigenvalue weighted by atomic mass is 15.3. The summed E-state index contributed by atoms with van der Waals surface area (Å²) in [4.78, 5) is 6.78. The largest absolute Gasteiger partial charge is 0.370 e. The van der Waals surface area contributed by atoms with Crippen molar-refractivity contribution in [1.82, 2.24) is 4.90 Å². The predicted molar refractivity (Wildman–Crippen MR) is 68.4 cm³/mol. The molecule has 1 saturated heterocycles. The Balaban J connectivity index is 1.84. The molecule has 3 heteroatoms. The first-order valence-corrected chi connectivity index (χ1v) is 6.55. The van der Waals surface area contributed by atoms with Gasteiger partial charge in [-0.1, -0.05) is 20.8 Å². The maximum atomic E-state index is 6.02. The van der Waals surface area contributed by atoms with Crippen molar-refractivity contribution in [2.24, 2.45) is 22.1 Å². The van der Waals surface area contributed by atoms with Crippen molar-refractivity contribution < 1.29 is 0 Å². The first-order chi connectivity index (χ1) is 7.47. The van der Waals surface area contributed by atoms with E-state index in [2.05, 4.69) is 30.7 Å². The lowest BCUT2D eigenvalue weighted by Crippen LogP contribution is -2.45. The van der Waals surface area contributed by atoms with Gasteiger partial charge in [-0.05, 0) is 37.0 Å². The highest BCUT2D eigenvalue weighted by molar-refractivity contribution is 5.78. The highest BCUT2D eigenvalue weighted by Gasteiger charge is 2.30. The maximum Gasteiger partial charge on any atom is 0.191 e. The van der Waals surface area contributed by atoms with Crippen LogP contribution in [0.5, 0.6) is 0 Å². The first kappa shape index (κ1) is 11.7. The molecular formula is C13H25N3. The summed E-state index contributed by atoms with van der Waals surface area (Å²) in [5, 5.41) is 0. The van der Waals surface area contributed by atoms with Gasteiger partial charge in [-0.25, -0.2) is 4.99 Å². The monoisotopic (exact) mass is 223 g/mol. The Bertz CT molecular complexity index is 265. The minimum Gasteiger partial charge on any atom is -0.370 e. The molecule has 2 fully saturated rings. The van der Waals surface area contributed by atoms with Crippen molar-refractivity contribution in [1.29, 1.82) is 0 Å². The molecule has 16 heavy (non-hydrogen) atoms. The van der Waals surface area contributed by atoms with Crippen molar-refractivity contribution in [3.63, 3.8) is 0 Å². The smallest absolute Gasteiger partial charge is 0.191 e. The van der Waals surface area contributed by atoms with Gasteiger partial charge in [-0.15, -0.1) is 0 Å². The second-order valence-electron chi connectivity index (χ2n) is 6.35. The van der Waals surface area contributed by atoms with Crippen molar-refractivity contribution in [3.05, 3.63) is 0 Å². The molecule has 0 amide bonds. The topological polar surface area (TPSA) is 41.6 Å². The standard InChI is InChI=1S/C13H25N3/c1-13(2,3)10-6-8-16(9-7-10)12(14)15-11-4-5-11/h10-11H,4-9H2,1-3H3,(H2,14,15). The van der Waals surface area contributed by atoms with E-state index in [1.54, 1.807) is 0 Å². The van der Waals surface area contributed by atoms with Crippen LogP contribution in [0.2, 0.25) is 0 Å². The minimum absolute atomic E-state index is 0.439. The van der Waals surface area contributed by atoms with Gasteiger partial charge < -0.3 is 10.6 Å². The Morgan fingerprint density at radius 3 is 2.12 bits per heavy atom. The number of nitrogens with two attached hydrogens (primary N) is 1. The van der Waals surface area contributed by atoms with Gasteiger partial charge in [0.15, 0.2) is 5.96 Å². The fraction of sp³-hybridized carbons (Fsp3) is 0.923. The second kappa shape index (κ2) is 4.27. The number of piperidine rings is 1. The molecule has 1 saturated carbocycles. The van der Waals surface area contributed by atoms with Crippen LogP contribution in [0.15, 0.2) is 4.99 Å². The molecule has 1 heterocycles. The zero-order valence-corrected chi connectivity index (χ0v) is 10.9. The molecular weight excluding hydrogens is 198 g/mol. The maximum absolute atomic E-state index is 6.02. The average Bonchev–Trinajstić information content (AvgIpc) is 3.00. The number of guanidine groups is 1. The molecule has 2 N–H and O–H groups in total. The van der Waals surface area contributed by atoms with E-state index < -0.39 is 0 Å². The molecule has 0 aromatic rings. The summed E-state index contributed by atoms with van der Waals surface area (Å²) in [6, 6.07) is 0.542. The molecule has 2 rings (SSSR count). The van der Waals surface area contributed by atoms with E-state index in [0.29, 0.717) is 11.5 Å². The van der Waals surface area contributed by atoms with Crippen LogP contribution in [0.1, 0.15) is 46.5 Å². The lowest BCUT2D eigenvalue weighted by Gasteiger charge is -2.39. The van der Waals surface area contributed by atoms with Crippen molar-refractivity contribution >= 4 is 5.96 Å². The van der Waals surface area contributed by atoms with Crippen molar-refractivity contribution in [2.75, 3.05) is 13.1 Å². The lowest BCUT2D eigenvalue weighted by molar-refractivity contribution is 0.148. The van der Waals surface area contributed by atoms with Crippen LogP contribution >= 0.6 is 0 Å². The average molecular weight is 223 g/mol.